The summed E-state index contributed by atoms with van der Waals surface area (Å²) in [6.07, 6.45) is 5.89. The van der Waals surface area contributed by atoms with Crippen LogP contribution in [0.1, 0.15) is 37.2 Å². The second-order valence-corrected chi connectivity index (χ2v) is 7.93. The Morgan fingerprint density at radius 1 is 1.12 bits per heavy atom. The van der Waals surface area contributed by atoms with E-state index in [2.05, 4.69) is 66.1 Å². The first-order chi connectivity index (χ1) is 12.0. The lowest BCUT2D eigenvalue weighted by Crippen LogP contribution is -2.32. The maximum absolute atomic E-state index is 5.08. The Balaban J connectivity index is 1.64. The minimum atomic E-state index is 0.252. The van der Waals surface area contributed by atoms with Crippen LogP contribution in [0.4, 0.5) is 0 Å². The van der Waals surface area contributed by atoms with Gasteiger partial charge in [-0.25, -0.2) is 9.97 Å². The van der Waals surface area contributed by atoms with Crippen molar-refractivity contribution in [2.75, 3.05) is 27.3 Å². The van der Waals surface area contributed by atoms with Gasteiger partial charge in [0.15, 0.2) is 0 Å². The van der Waals surface area contributed by atoms with Gasteiger partial charge in [-0.2, -0.15) is 0 Å². The molecular weight excluding hydrogens is 310 g/mol. The number of rotatable bonds is 8. The summed E-state index contributed by atoms with van der Waals surface area (Å²) < 4.78 is 5.08. The lowest BCUT2D eigenvalue weighted by molar-refractivity contribution is 0.200. The van der Waals surface area contributed by atoms with Crippen LogP contribution in [0, 0.1) is 5.41 Å². The van der Waals surface area contributed by atoms with Gasteiger partial charge in [-0.15, -0.1) is 0 Å². The van der Waals surface area contributed by atoms with Crippen molar-refractivity contribution in [1.29, 1.82) is 0 Å². The van der Waals surface area contributed by atoms with Gasteiger partial charge in [0, 0.05) is 50.0 Å². The average molecular weight is 339 g/mol. The van der Waals surface area contributed by atoms with E-state index in [1.54, 1.807) is 7.11 Å². The smallest absolute Gasteiger partial charge is 0.130 e. The van der Waals surface area contributed by atoms with Gasteiger partial charge in [0.2, 0.25) is 0 Å². The molecule has 0 spiro atoms. The topological polar surface area (TPSA) is 38.2 Å². The average Bonchev–Trinajstić information content (AvgIpc) is 3.16. The zero-order valence-electron chi connectivity index (χ0n) is 15.8. The molecule has 4 nitrogen and oxygen atoms in total. The van der Waals surface area contributed by atoms with Crippen molar-refractivity contribution >= 4 is 0 Å². The molecule has 0 amide bonds. The highest BCUT2D eigenvalue weighted by molar-refractivity contribution is 5.37. The Hall–Kier alpha value is -1.78. The van der Waals surface area contributed by atoms with Gasteiger partial charge in [0.25, 0.3) is 0 Å². The van der Waals surface area contributed by atoms with E-state index in [1.165, 1.54) is 12.0 Å². The molecule has 0 bridgehead atoms. The van der Waals surface area contributed by atoms with E-state index < -0.39 is 0 Å². The first kappa shape index (κ1) is 18.0. The Bertz CT molecular complexity index is 684. The molecule has 0 saturated heterocycles. The third-order valence-electron chi connectivity index (χ3n) is 5.52. The molecule has 1 atom stereocenters. The van der Waals surface area contributed by atoms with Gasteiger partial charge in [-0.3, -0.25) is 0 Å². The van der Waals surface area contributed by atoms with Gasteiger partial charge in [0.05, 0.1) is 6.61 Å². The molecule has 1 heterocycles. The molecule has 2 aromatic rings. The van der Waals surface area contributed by atoms with Crippen LogP contribution < -0.4 is 0 Å². The van der Waals surface area contributed by atoms with Gasteiger partial charge in [-0.05, 0) is 24.4 Å². The molecule has 1 aromatic heterocycles. The maximum Gasteiger partial charge on any atom is 0.130 e. The molecule has 134 valence electrons. The Morgan fingerprint density at radius 3 is 2.32 bits per heavy atom. The van der Waals surface area contributed by atoms with Crippen molar-refractivity contribution in [2.24, 2.45) is 5.41 Å². The maximum atomic E-state index is 5.08. The number of nitrogens with zero attached hydrogens (tertiary/aromatic N) is 3. The van der Waals surface area contributed by atoms with Crippen LogP contribution >= 0.6 is 0 Å². The molecule has 1 aliphatic carbocycles. The predicted octanol–water partition coefficient (Wildman–Crippen LogP) is 3.47. The molecule has 1 saturated carbocycles. The van der Waals surface area contributed by atoms with Crippen LogP contribution in [-0.2, 0) is 23.1 Å². The Labute approximate surface area is 151 Å². The number of aromatic nitrogens is 2. The van der Waals surface area contributed by atoms with Crippen molar-refractivity contribution in [1.82, 2.24) is 14.9 Å². The predicted molar refractivity (Wildman–Crippen MR) is 100 cm³/mol. The quantitative estimate of drug-likeness (QED) is 0.738. The molecular formula is C21H29N3O. The molecule has 1 aliphatic rings. The molecule has 3 rings (SSSR count). The monoisotopic (exact) mass is 339 g/mol. The van der Waals surface area contributed by atoms with Gasteiger partial charge in [-0.1, -0.05) is 44.2 Å². The summed E-state index contributed by atoms with van der Waals surface area (Å²) in [4.78, 5) is 11.3. The van der Waals surface area contributed by atoms with E-state index >= 15 is 0 Å². The van der Waals surface area contributed by atoms with Crippen LogP contribution in [-0.4, -0.2) is 42.2 Å². The molecule has 1 aromatic carbocycles. The first-order valence-corrected chi connectivity index (χ1v) is 9.00. The Morgan fingerprint density at radius 2 is 1.76 bits per heavy atom. The SMILES string of the molecule is COCCc1ncc(CN(C)C[C@]2(c3ccccc3)CC2(C)C)cn1. The lowest BCUT2D eigenvalue weighted by atomic mass is 9.87. The van der Waals surface area contributed by atoms with Crippen molar-refractivity contribution in [3.8, 4) is 0 Å². The van der Waals surface area contributed by atoms with Crippen LogP contribution in [0.2, 0.25) is 0 Å². The second kappa shape index (κ2) is 7.22. The number of ether oxygens (including phenoxy) is 1. The van der Waals surface area contributed by atoms with Crippen molar-refractivity contribution in [3.63, 3.8) is 0 Å². The minimum absolute atomic E-state index is 0.252. The molecule has 0 radical (unpaired) electrons. The molecule has 0 aliphatic heterocycles. The number of likely N-dealkylation sites (N-methyl/N-ethyl adjacent to an activating group) is 1. The highest BCUT2D eigenvalue weighted by Gasteiger charge is 2.61. The first-order valence-electron chi connectivity index (χ1n) is 9.00. The summed E-state index contributed by atoms with van der Waals surface area (Å²) in [7, 11) is 3.89. The van der Waals surface area contributed by atoms with Crippen molar-refractivity contribution in [3.05, 3.63) is 59.7 Å². The highest BCUT2D eigenvalue weighted by Crippen LogP contribution is 2.64. The van der Waals surface area contributed by atoms with E-state index in [1.807, 2.05) is 12.4 Å². The fourth-order valence-electron chi connectivity index (χ4n) is 3.94. The number of methoxy groups -OCH3 is 1. The third-order valence-corrected chi connectivity index (χ3v) is 5.52. The normalized spacial score (nSPS) is 21.5. The second-order valence-electron chi connectivity index (χ2n) is 7.93. The minimum Gasteiger partial charge on any atom is -0.384 e. The van der Waals surface area contributed by atoms with Crippen LogP contribution in [0.3, 0.4) is 0 Å². The summed E-state index contributed by atoms with van der Waals surface area (Å²) in [6.45, 7) is 7.34. The fourth-order valence-corrected chi connectivity index (χ4v) is 3.94. The van der Waals surface area contributed by atoms with Crippen molar-refractivity contribution in [2.45, 2.75) is 38.6 Å². The number of hydrogen-bond acceptors (Lipinski definition) is 4. The molecule has 25 heavy (non-hydrogen) atoms. The highest BCUT2D eigenvalue weighted by atomic mass is 16.5. The summed E-state index contributed by atoms with van der Waals surface area (Å²) in [6, 6.07) is 10.9. The zero-order valence-corrected chi connectivity index (χ0v) is 15.8. The van der Waals surface area contributed by atoms with Gasteiger partial charge >= 0.3 is 0 Å². The van der Waals surface area contributed by atoms with Gasteiger partial charge in [0.1, 0.15) is 5.82 Å². The third kappa shape index (κ3) is 3.91. The van der Waals surface area contributed by atoms with Gasteiger partial charge < -0.3 is 9.64 Å². The Kier molecular flexibility index (Phi) is 5.21. The molecule has 1 fully saturated rings. The molecule has 0 unspecified atom stereocenters. The van der Waals surface area contributed by atoms with E-state index in [9.17, 15) is 0 Å². The standard InChI is InChI=1S/C21H29N3O/c1-20(2)15-21(20,18-8-6-5-7-9-18)16-24(3)14-17-12-22-19(23-13-17)10-11-25-4/h5-9,12-13H,10-11,14-16H2,1-4H3/t21-/m0/s1. The van der Waals surface area contributed by atoms with E-state index in [4.69, 9.17) is 4.74 Å². The molecule has 4 heteroatoms. The largest absolute Gasteiger partial charge is 0.384 e. The number of benzene rings is 1. The van der Waals surface area contributed by atoms with E-state index in [-0.39, 0.29) is 5.41 Å². The fraction of sp³-hybridized carbons (Fsp3) is 0.524. The van der Waals surface area contributed by atoms with Crippen LogP contribution in [0.25, 0.3) is 0 Å². The van der Waals surface area contributed by atoms with Crippen molar-refractivity contribution < 1.29 is 4.74 Å². The van der Waals surface area contributed by atoms with Crippen LogP contribution in [0.15, 0.2) is 42.7 Å². The van der Waals surface area contributed by atoms with E-state index in [0.29, 0.717) is 12.0 Å². The molecule has 0 N–H and O–H groups in total. The lowest BCUT2D eigenvalue weighted by Gasteiger charge is -2.27. The summed E-state index contributed by atoms with van der Waals surface area (Å²) in [5.41, 5.74) is 3.22. The zero-order chi connectivity index (χ0) is 17.9. The van der Waals surface area contributed by atoms with E-state index in [0.717, 1.165) is 30.9 Å². The summed E-state index contributed by atoms with van der Waals surface area (Å²) >= 11 is 0. The summed E-state index contributed by atoms with van der Waals surface area (Å²) in [5.74, 6) is 0.845. The van der Waals surface area contributed by atoms with Crippen LogP contribution in [0.5, 0.6) is 0 Å². The number of hydrogen-bond donors (Lipinski definition) is 0. The summed E-state index contributed by atoms with van der Waals surface area (Å²) in [5, 5.41) is 0.